The molecule has 0 spiro atoms. The molecule has 6 heteroatoms. The Morgan fingerprint density at radius 1 is 1.11 bits per heavy atom. The summed E-state index contributed by atoms with van der Waals surface area (Å²) in [5, 5.41) is 5.24. The second-order valence-electron chi connectivity index (χ2n) is 9.94. The van der Waals surface area contributed by atoms with Crippen molar-refractivity contribution >= 4 is 28.8 Å². The molecule has 1 N–H and O–H groups in total. The Morgan fingerprint density at radius 3 is 2.61 bits per heavy atom. The number of fused-ring (bicyclic) bond motifs is 1. The lowest BCUT2D eigenvalue weighted by Gasteiger charge is -2.42. The Balaban J connectivity index is 1.53. The molecule has 0 saturated carbocycles. The lowest BCUT2D eigenvalue weighted by Crippen LogP contribution is -2.48. The molecule has 190 valence electrons. The smallest absolute Gasteiger partial charge is 0.254 e. The molecule has 2 amide bonds. The molecule has 0 fully saturated rings. The van der Waals surface area contributed by atoms with Gasteiger partial charge in [0.15, 0.2) is 0 Å². The molecule has 0 bridgehead atoms. The first-order valence-corrected chi connectivity index (χ1v) is 13.8. The monoisotopic (exact) mass is 503 g/mol. The van der Waals surface area contributed by atoms with Gasteiger partial charge in [0.2, 0.25) is 5.91 Å². The molecular formula is C30H37N3O2S. The molecular weight excluding hydrogens is 466 g/mol. The highest BCUT2D eigenvalue weighted by molar-refractivity contribution is 7.10. The highest BCUT2D eigenvalue weighted by Crippen LogP contribution is 2.44. The number of rotatable bonds is 10. The van der Waals surface area contributed by atoms with E-state index in [1.165, 1.54) is 11.3 Å². The van der Waals surface area contributed by atoms with Gasteiger partial charge in [0, 0.05) is 42.3 Å². The number of carbonyl (C=O) groups excluding carboxylic acids is 2. The van der Waals surface area contributed by atoms with Gasteiger partial charge >= 0.3 is 0 Å². The third-order valence-corrected chi connectivity index (χ3v) is 7.71. The van der Waals surface area contributed by atoms with Crippen molar-refractivity contribution in [3.05, 3.63) is 87.6 Å². The standard InChI is InChI=1S/C30H37N3O2S/c1-5-32(23-12-8-11-22(4)19-23)17-10-16-31-29(34)27-24-13-6-7-14-25(24)30(35)33(20-21(2)3)28(27)26-15-9-18-36-26/h6-9,11-15,18-19,21,27-28H,5,10,16-17,20H2,1-4H3,(H,31,34)/t27-,28+/m0/s1. The van der Waals surface area contributed by atoms with Gasteiger partial charge in [-0.25, -0.2) is 0 Å². The topological polar surface area (TPSA) is 52.7 Å². The third kappa shape index (κ3) is 5.65. The van der Waals surface area contributed by atoms with Crippen LogP contribution in [0.15, 0.2) is 66.0 Å². The van der Waals surface area contributed by atoms with Gasteiger partial charge in [-0.2, -0.15) is 0 Å². The molecule has 0 aliphatic carbocycles. The average molecular weight is 504 g/mol. The van der Waals surface area contributed by atoms with Crippen LogP contribution < -0.4 is 10.2 Å². The van der Waals surface area contributed by atoms with E-state index in [2.05, 4.69) is 62.2 Å². The summed E-state index contributed by atoms with van der Waals surface area (Å²) >= 11 is 1.61. The van der Waals surface area contributed by atoms with E-state index in [1.54, 1.807) is 11.3 Å². The third-order valence-electron chi connectivity index (χ3n) is 6.77. The zero-order valence-corrected chi connectivity index (χ0v) is 22.6. The molecule has 4 rings (SSSR count). The van der Waals surface area contributed by atoms with Crippen LogP contribution in [-0.4, -0.2) is 42.9 Å². The molecule has 0 unspecified atom stereocenters. The summed E-state index contributed by atoms with van der Waals surface area (Å²) in [6, 6.07) is 19.9. The van der Waals surface area contributed by atoms with Crippen molar-refractivity contribution in [1.29, 1.82) is 0 Å². The Bertz CT molecular complexity index is 1170. The molecule has 0 radical (unpaired) electrons. The molecule has 1 aliphatic heterocycles. The SMILES string of the molecule is CCN(CCCNC(=O)[C@H]1c2ccccc2C(=O)N(CC(C)C)[C@@H]1c1cccs1)c1cccc(C)c1. The molecule has 2 atom stereocenters. The van der Waals surface area contributed by atoms with Gasteiger partial charge in [0.25, 0.3) is 5.91 Å². The van der Waals surface area contributed by atoms with Crippen molar-refractivity contribution in [2.45, 2.75) is 46.1 Å². The second kappa shape index (κ2) is 11.7. The Morgan fingerprint density at radius 2 is 1.92 bits per heavy atom. The summed E-state index contributed by atoms with van der Waals surface area (Å²) in [7, 11) is 0. The summed E-state index contributed by atoms with van der Waals surface area (Å²) in [5.41, 5.74) is 3.93. The van der Waals surface area contributed by atoms with Gasteiger partial charge in [0.1, 0.15) is 0 Å². The minimum atomic E-state index is -0.435. The Kier molecular flexibility index (Phi) is 8.47. The quantitative estimate of drug-likeness (QED) is 0.344. The normalized spacial score (nSPS) is 17.2. The predicted octanol–water partition coefficient (Wildman–Crippen LogP) is 6.03. The van der Waals surface area contributed by atoms with E-state index >= 15 is 0 Å². The maximum absolute atomic E-state index is 13.8. The first kappa shape index (κ1) is 26.0. The van der Waals surface area contributed by atoms with E-state index in [-0.39, 0.29) is 17.9 Å². The van der Waals surface area contributed by atoms with Gasteiger partial charge in [-0.15, -0.1) is 11.3 Å². The number of anilines is 1. The van der Waals surface area contributed by atoms with Crippen molar-refractivity contribution in [3.63, 3.8) is 0 Å². The molecule has 0 saturated heterocycles. The van der Waals surface area contributed by atoms with E-state index in [1.807, 2.05) is 46.7 Å². The van der Waals surface area contributed by atoms with Crippen molar-refractivity contribution in [3.8, 4) is 0 Å². The molecule has 36 heavy (non-hydrogen) atoms. The number of amides is 2. The number of carbonyl (C=O) groups is 2. The highest BCUT2D eigenvalue weighted by atomic mass is 32.1. The number of hydrogen-bond donors (Lipinski definition) is 1. The molecule has 1 aliphatic rings. The van der Waals surface area contributed by atoms with Crippen LogP contribution in [0, 0.1) is 12.8 Å². The van der Waals surface area contributed by atoms with Crippen LogP contribution in [0.25, 0.3) is 0 Å². The number of nitrogens with one attached hydrogen (secondary N) is 1. The minimum absolute atomic E-state index is 0.0125. The van der Waals surface area contributed by atoms with Crippen molar-refractivity contribution in [2.24, 2.45) is 5.92 Å². The van der Waals surface area contributed by atoms with Crippen LogP contribution in [0.4, 0.5) is 5.69 Å². The van der Waals surface area contributed by atoms with Crippen LogP contribution >= 0.6 is 11.3 Å². The van der Waals surface area contributed by atoms with E-state index in [0.717, 1.165) is 30.0 Å². The van der Waals surface area contributed by atoms with Crippen molar-refractivity contribution in [2.75, 3.05) is 31.1 Å². The number of hydrogen-bond acceptors (Lipinski definition) is 4. The van der Waals surface area contributed by atoms with Crippen LogP contribution in [0.5, 0.6) is 0 Å². The predicted molar refractivity (Wildman–Crippen MR) is 149 cm³/mol. The highest BCUT2D eigenvalue weighted by Gasteiger charge is 2.44. The molecule has 1 aromatic heterocycles. The van der Waals surface area contributed by atoms with Gasteiger partial charge in [-0.3, -0.25) is 9.59 Å². The molecule has 3 aromatic rings. The number of thiophene rings is 1. The summed E-state index contributed by atoms with van der Waals surface area (Å²) < 4.78 is 0. The summed E-state index contributed by atoms with van der Waals surface area (Å²) in [5.74, 6) is -0.137. The van der Waals surface area contributed by atoms with E-state index in [0.29, 0.717) is 24.6 Å². The lowest BCUT2D eigenvalue weighted by atomic mass is 9.81. The van der Waals surface area contributed by atoms with E-state index < -0.39 is 5.92 Å². The zero-order valence-electron chi connectivity index (χ0n) is 21.7. The van der Waals surface area contributed by atoms with Crippen molar-refractivity contribution < 1.29 is 9.59 Å². The number of aryl methyl sites for hydroxylation is 1. The van der Waals surface area contributed by atoms with Gasteiger partial charge in [0.05, 0.1) is 12.0 Å². The first-order valence-electron chi connectivity index (χ1n) is 12.9. The maximum Gasteiger partial charge on any atom is 0.254 e. The lowest BCUT2D eigenvalue weighted by molar-refractivity contribution is -0.124. The number of nitrogens with zero attached hydrogens (tertiary/aromatic N) is 2. The summed E-state index contributed by atoms with van der Waals surface area (Å²) in [6.07, 6.45) is 0.847. The average Bonchev–Trinajstić information content (AvgIpc) is 3.40. The number of benzene rings is 2. The zero-order chi connectivity index (χ0) is 25.7. The largest absolute Gasteiger partial charge is 0.372 e. The van der Waals surface area contributed by atoms with Crippen LogP contribution in [0.1, 0.15) is 65.5 Å². The Hall–Kier alpha value is -3.12. The van der Waals surface area contributed by atoms with Crippen LogP contribution in [0.2, 0.25) is 0 Å². The molecule has 2 heterocycles. The minimum Gasteiger partial charge on any atom is -0.372 e. The van der Waals surface area contributed by atoms with E-state index in [4.69, 9.17) is 0 Å². The second-order valence-corrected chi connectivity index (χ2v) is 10.9. The van der Waals surface area contributed by atoms with Crippen LogP contribution in [-0.2, 0) is 4.79 Å². The van der Waals surface area contributed by atoms with Gasteiger partial charge < -0.3 is 15.1 Å². The van der Waals surface area contributed by atoms with E-state index in [9.17, 15) is 9.59 Å². The van der Waals surface area contributed by atoms with Crippen LogP contribution in [0.3, 0.4) is 0 Å². The molecule has 5 nitrogen and oxygen atoms in total. The summed E-state index contributed by atoms with van der Waals surface area (Å²) in [6.45, 7) is 11.5. The first-order chi connectivity index (χ1) is 17.4. The fourth-order valence-electron chi connectivity index (χ4n) is 5.13. The molecule has 2 aromatic carbocycles. The fraction of sp³-hybridized carbons (Fsp3) is 0.400. The van der Waals surface area contributed by atoms with Gasteiger partial charge in [-0.1, -0.05) is 50.2 Å². The Labute approximate surface area is 219 Å². The summed E-state index contributed by atoms with van der Waals surface area (Å²) in [4.78, 5) is 32.6. The fourth-order valence-corrected chi connectivity index (χ4v) is 6.01. The van der Waals surface area contributed by atoms with Crippen molar-refractivity contribution in [1.82, 2.24) is 10.2 Å². The maximum atomic E-state index is 13.8. The van der Waals surface area contributed by atoms with Gasteiger partial charge in [-0.05, 0) is 67.0 Å².